The molecule has 0 aromatic heterocycles. The molecule has 1 spiro atoms. The number of β-lactam (4-membered cyclic amide) rings is 1. The molecule has 0 aliphatic carbocycles. The van der Waals surface area contributed by atoms with Crippen LogP contribution >= 0.6 is 0 Å². The Morgan fingerprint density at radius 1 is 1.23 bits per heavy atom. The molecular weight excluding hydrogens is 332 g/mol. The highest BCUT2D eigenvalue weighted by atomic mass is 16.6. The molecule has 1 aromatic rings. The Kier molecular flexibility index (Phi) is 4.86. The maximum absolute atomic E-state index is 12.8. The molecule has 2 aliphatic heterocycles. The van der Waals surface area contributed by atoms with Crippen molar-refractivity contribution in [2.75, 3.05) is 26.7 Å². The predicted molar refractivity (Wildman–Crippen MR) is 98.2 cm³/mol. The molecule has 2 aliphatic rings. The summed E-state index contributed by atoms with van der Waals surface area (Å²) in [6, 6.07) is 7.88. The number of rotatable bonds is 4. The number of hydrogen-bond donors (Lipinski definition) is 0. The zero-order valence-electron chi connectivity index (χ0n) is 16.1. The van der Waals surface area contributed by atoms with E-state index in [2.05, 4.69) is 0 Å². The van der Waals surface area contributed by atoms with Crippen molar-refractivity contribution in [2.45, 2.75) is 51.2 Å². The Morgan fingerprint density at radius 3 is 2.50 bits per heavy atom. The summed E-state index contributed by atoms with van der Waals surface area (Å²) in [6.07, 6.45) is 1.98. The second-order valence-electron chi connectivity index (χ2n) is 8.09. The highest BCUT2D eigenvalue weighted by molar-refractivity contribution is 5.96. The number of carbonyl (C=O) groups excluding carboxylic acids is 2. The molecule has 0 saturated carbocycles. The van der Waals surface area contributed by atoms with Crippen molar-refractivity contribution >= 4 is 12.0 Å². The first kappa shape index (κ1) is 18.5. The van der Waals surface area contributed by atoms with E-state index in [0.29, 0.717) is 19.6 Å². The normalized spacial score (nSPS) is 22.5. The number of methoxy groups -OCH3 is 1. The molecule has 2 saturated heterocycles. The monoisotopic (exact) mass is 360 g/mol. The van der Waals surface area contributed by atoms with Crippen LogP contribution in [0.25, 0.3) is 0 Å². The SMILES string of the molecule is COc1ccc(CCN2CC3(CCCN3C(=O)OC(C)(C)C)C2=O)cc1. The lowest BCUT2D eigenvalue weighted by Crippen LogP contribution is -2.73. The number of benzene rings is 1. The lowest BCUT2D eigenvalue weighted by Gasteiger charge is -2.51. The Morgan fingerprint density at radius 2 is 1.92 bits per heavy atom. The van der Waals surface area contributed by atoms with Gasteiger partial charge in [0.15, 0.2) is 0 Å². The Hall–Kier alpha value is -2.24. The van der Waals surface area contributed by atoms with E-state index in [1.54, 1.807) is 12.0 Å². The van der Waals surface area contributed by atoms with E-state index in [-0.39, 0.29) is 12.0 Å². The first-order valence-corrected chi connectivity index (χ1v) is 9.18. The quantitative estimate of drug-likeness (QED) is 0.775. The van der Waals surface area contributed by atoms with Gasteiger partial charge >= 0.3 is 6.09 Å². The van der Waals surface area contributed by atoms with Crippen LogP contribution in [0.5, 0.6) is 5.75 Å². The maximum atomic E-state index is 12.8. The Bertz CT molecular complexity index is 680. The number of likely N-dealkylation sites (tertiary alicyclic amines) is 2. The molecule has 1 aromatic carbocycles. The van der Waals surface area contributed by atoms with E-state index in [1.165, 1.54) is 0 Å². The fraction of sp³-hybridized carbons (Fsp3) is 0.600. The number of nitrogens with zero attached hydrogens (tertiary/aromatic N) is 2. The van der Waals surface area contributed by atoms with Gasteiger partial charge < -0.3 is 14.4 Å². The first-order valence-electron chi connectivity index (χ1n) is 9.18. The summed E-state index contributed by atoms with van der Waals surface area (Å²) in [5.41, 5.74) is -0.0702. The minimum Gasteiger partial charge on any atom is -0.497 e. The molecule has 1 unspecified atom stereocenters. The smallest absolute Gasteiger partial charge is 0.411 e. The summed E-state index contributed by atoms with van der Waals surface area (Å²) < 4.78 is 10.7. The summed E-state index contributed by atoms with van der Waals surface area (Å²) in [7, 11) is 1.64. The van der Waals surface area contributed by atoms with Crippen molar-refractivity contribution in [1.29, 1.82) is 0 Å². The highest BCUT2D eigenvalue weighted by Gasteiger charge is 2.60. The Balaban J connectivity index is 1.58. The van der Waals surface area contributed by atoms with Gasteiger partial charge in [-0.05, 0) is 57.7 Å². The molecule has 0 bridgehead atoms. The lowest BCUT2D eigenvalue weighted by atomic mass is 9.85. The summed E-state index contributed by atoms with van der Waals surface area (Å²) in [6.45, 7) is 7.38. The minimum atomic E-state index is -0.678. The standard InChI is InChI=1S/C20H28N2O4/c1-19(2,3)26-18(24)22-12-5-11-20(22)14-21(17(20)23)13-10-15-6-8-16(25-4)9-7-15/h6-9H,5,10-14H2,1-4H3. The van der Waals surface area contributed by atoms with E-state index in [9.17, 15) is 9.59 Å². The number of hydrogen-bond acceptors (Lipinski definition) is 4. The number of ether oxygens (including phenoxy) is 2. The predicted octanol–water partition coefficient (Wildman–Crippen LogP) is 2.85. The highest BCUT2D eigenvalue weighted by Crippen LogP contribution is 2.39. The molecule has 0 radical (unpaired) electrons. The van der Waals surface area contributed by atoms with E-state index in [4.69, 9.17) is 9.47 Å². The van der Waals surface area contributed by atoms with Crippen molar-refractivity contribution in [3.63, 3.8) is 0 Å². The fourth-order valence-corrected chi connectivity index (χ4v) is 3.74. The summed E-state index contributed by atoms with van der Waals surface area (Å²) in [5.74, 6) is 0.876. The molecule has 2 fully saturated rings. The zero-order valence-corrected chi connectivity index (χ0v) is 16.1. The van der Waals surface area contributed by atoms with Crippen LogP contribution in [-0.4, -0.2) is 59.7 Å². The Labute approximate surface area is 155 Å². The fourth-order valence-electron chi connectivity index (χ4n) is 3.74. The average molecular weight is 360 g/mol. The van der Waals surface area contributed by atoms with Crippen molar-refractivity contribution in [3.8, 4) is 5.75 Å². The van der Waals surface area contributed by atoms with Crippen molar-refractivity contribution in [3.05, 3.63) is 29.8 Å². The van der Waals surface area contributed by atoms with Gasteiger partial charge in [-0.2, -0.15) is 0 Å². The minimum absolute atomic E-state index is 0.0503. The molecule has 3 rings (SSSR count). The van der Waals surface area contributed by atoms with Crippen LogP contribution in [0.1, 0.15) is 39.2 Å². The van der Waals surface area contributed by atoms with Gasteiger partial charge in [-0.25, -0.2) is 4.79 Å². The van der Waals surface area contributed by atoms with Gasteiger partial charge in [-0.1, -0.05) is 12.1 Å². The molecule has 2 heterocycles. The number of carbonyl (C=O) groups is 2. The topological polar surface area (TPSA) is 59.1 Å². The summed E-state index contributed by atoms with van der Waals surface area (Å²) in [5, 5.41) is 0. The average Bonchev–Trinajstić information content (AvgIpc) is 3.04. The van der Waals surface area contributed by atoms with Crippen LogP contribution in [-0.2, 0) is 16.0 Å². The third-order valence-electron chi connectivity index (χ3n) is 5.07. The van der Waals surface area contributed by atoms with Gasteiger partial charge in [0.1, 0.15) is 16.9 Å². The van der Waals surface area contributed by atoms with Gasteiger partial charge in [0.2, 0.25) is 0 Å². The molecule has 1 atom stereocenters. The maximum Gasteiger partial charge on any atom is 0.411 e. The second kappa shape index (κ2) is 6.82. The lowest BCUT2D eigenvalue weighted by molar-refractivity contribution is -0.160. The van der Waals surface area contributed by atoms with E-state index < -0.39 is 11.1 Å². The first-order chi connectivity index (χ1) is 12.2. The largest absolute Gasteiger partial charge is 0.497 e. The van der Waals surface area contributed by atoms with E-state index in [1.807, 2.05) is 49.9 Å². The molecule has 6 heteroatoms. The van der Waals surface area contributed by atoms with Crippen LogP contribution in [0.2, 0.25) is 0 Å². The van der Waals surface area contributed by atoms with Crippen molar-refractivity contribution < 1.29 is 19.1 Å². The van der Waals surface area contributed by atoms with Crippen molar-refractivity contribution in [1.82, 2.24) is 9.80 Å². The van der Waals surface area contributed by atoms with Crippen LogP contribution in [0.15, 0.2) is 24.3 Å². The summed E-state index contributed by atoms with van der Waals surface area (Å²) >= 11 is 0. The van der Waals surface area contributed by atoms with Gasteiger partial charge in [0.05, 0.1) is 13.7 Å². The van der Waals surface area contributed by atoms with E-state index >= 15 is 0 Å². The van der Waals surface area contributed by atoms with Gasteiger partial charge in [0.25, 0.3) is 5.91 Å². The van der Waals surface area contributed by atoms with Crippen LogP contribution < -0.4 is 4.74 Å². The molecule has 26 heavy (non-hydrogen) atoms. The van der Waals surface area contributed by atoms with Gasteiger partial charge in [-0.15, -0.1) is 0 Å². The molecule has 6 nitrogen and oxygen atoms in total. The number of amides is 2. The molecule has 0 N–H and O–H groups in total. The van der Waals surface area contributed by atoms with Gasteiger partial charge in [0, 0.05) is 13.1 Å². The van der Waals surface area contributed by atoms with Crippen LogP contribution in [0.4, 0.5) is 4.79 Å². The van der Waals surface area contributed by atoms with Crippen LogP contribution in [0.3, 0.4) is 0 Å². The summed E-state index contributed by atoms with van der Waals surface area (Å²) in [4.78, 5) is 28.8. The molecule has 142 valence electrons. The zero-order chi connectivity index (χ0) is 18.9. The molecule has 2 amide bonds. The molecular formula is C20H28N2O4. The van der Waals surface area contributed by atoms with Gasteiger partial charge in [-0.3, -0.25) is 9.69 Å². The van der Waals surface area contributed by atoms with Crippen LogP contribution in [0, 0.1) is 0 Å². The second-order valence-corrected chi connectivity index (χ2v) is 8.09. The van der Waals surface area contributed by atoms with E-state index in [0.717, 1.165) is 30.6 Å². The third kappa shape index (κ3) is 3.50. The van der Waals surface area contributed by atoms with Crippen molar-refractivity contribution in [2.24, 2.45) is 0 Å². The third-order valence-corrected chi connectivity index (χ3v) is 5.07.